The largest absolute Gasteiger partial charge is 0.325 e. The second kappa shape index (κ2) is 7.04. The minimum absolute atomic E-state index is 0.0126. The number of rotatable bonds is 5. The molecule has 2 aromatic rings. The summed E-state index contributed by atoms with van der Waals surface area (Å²) in [7, 11) is 0. The van der Waals surface area contributed by atoms with Gasteiger partial charge in [-0.15, -0.1) is 10.2 Å². The molecule has 1 N–H and O–H groups in total. The molecule has 2 rings (SSSR count). The van der Waals surface area contributed by atoms with Crippen LogP contribution in [-0.2, 0) is 4.79 Å². The van der Waals surface area contributed by atoms with Crippen LogP contribution >= 0.6 is 23.1 Å². The fourth-order valence-electron chi connectivity index (χ4n) is 1.81. The van der Waals surface area contributed by atoms with Crippen molar-refractivity contribution in [2.45, 2.75) is 43.7 Å². The lowest BCUT2D eigenvalue weighted by Crippen LogP contribution is -2.24. The second-order valence-corrected chi connectivity index (χ2v) is 7.52. The third-order valence-corrected chi connectivity index (χ3v) is 5.48. The van der Waals surface area contributed by atoms with E-state index in [1.807, 2.05) is 39.0 Å². The Morgan fingerprint density at radius 2 is 2.05 bits per heavy atom. The molecule has 0 fully saturated rings. The first kappa shape index (κ1) is 16.0. The number of nitrogens with zero attached hydrogens (tertiary/aromatic N) is 2. The van der Waals surface area contributed by atoms with Crippen LogP contribution < -0.4 is 5.32 Å². The molecule has 1 amide bonds. The van der Waals surface area contributed by atoms with Gasteiger partial charge in [0.1, 0.15) is 5.01 Å². The molecule has 4 nitrogen and oxygen atoms in total. The van der Waals surface area contributed by atoms with Gasteiger partial charge in [0.05, 0.1) is 5.25 Å². The van der Waals surface area contributed by atoms with Crippen molar-refractivity contribution in [2.75, 3.05) is 5.32 Å². The molecule has 1 heterocycles. The lowest BCUT2D eigenvalue weighted by molar-refractivity contribution is -0.115. The van der Waals surface area contributed by atoms with Crippen LogP contribution in [0.2, 0.25) is 0 Å². The molecule has 112 valence electrons. The van der Waals surface area contributed by atoms with E-state index in [1.54, 1.807) is 0 Å². The van der Waals surface area contributed by atoms with Crippen LogP contribution in [0.3, 0.4) is 0 Å². The van der Waals surface area contributed by atoms with E-state index in [-0.39, 0.29) is 11.2 Å². The predicted octanol–water partition coefficient (Wildman–Crippen LogP) is 3.97. The highest BCUT2D eigenvalue weighted by molar-refractivity contribution is 8.02. The molecular formula is C15H19N3OS2. The zero-order chi connectivity index (χ0) is 15.4. The van der Waals surface area contributed by atoms with Gasteiger partial charge in [0.15, 0.2) is 4.34 Å². The minimum atomic E-state index is -0.154. The Morgan fingerprint density at radius 3 is 2.62 bits per heavy atom. The summed E-state index contributed by atoms with van der Waals surface area (Å²) in [4.78, 5) is 12.4. The van der Waals surface area contributed by atoms with Crippen LogP contribution in [0.5, 0.6) is 0 Å². The van der Waals surface area contributed by atoms with Gasteiger partial charge >= 0.3 is 0 Å². The summed E-state index contributed by atoms with van der Waals surface area (Å²) in [5.74, 6) is 0.0126. The van der Waals surface area contributed by atoms with Crippen molar-refractivity contribution in [3.8, 4) is 0 Å². The topological polar surface area (TPSA) is 54.9 Å². The smallest absolute Gasteiger partial charge is 0.237 e. The first-order valence-corrected chi connectivity index (χ1v) is 8.54. The Hall–Kier alpha value is -1.40. The molecule has 0 radical (unpaired) electrons. The minimum Gasteiger partial charge on any atom is -0.325 e. The summed E-state index contributed by atoms with van der Waals surface area (Å²) in [5, 5.41) is 11.8. The Balaban J connectivity index is 2.04. The molecule has 1 aromatic carbocycles. The van der Waals surface area contributed by atoms with Crippen molar-refractivity contribution in [2.24, 2.45) is 0 Å². The van der Waals surface area contributed by atoms with Gasteiger partial charge in [-0.1, -0.05) is 36.1 Å². The molecule has 1 unspecified atom stereocenters. The van der Waals surface area contributed by atoms with Gasteiger partial charge < -0.3 is 5.32 Å². The average Bonchev–Trinajstić information content (AvgIpc) is 2.85. The highest BCUT2D eigenvalue weighted by Crippen LogP contribution is 2.29. The number of thioether (sulfide) groups is 1. The summed E-state index contributed by atoms with van der Waals surface area (Å²) in [6, 6.07) is 5.96. The summed E-state index contributed by atoms with van der Waals surface area (Å²) >= 11 is 3.00. The van der Waals surface area contributed by atoms with Crippen LogP contribution in [0.1, 0.15) is 29.5 Å². The number of hydrogen-bond donors (Lipinski definition) is 1. The van der Waals surface area contributed by atoms with Gasteiger partial charge in [-0.3, -0.25) is 4.79 Å². The van der Waals surface area contributed by atoms with E-state index < -0.39 is 0 Å². The number of amides is 1. The van der Waals surface area contributed by atoms with Crippen molar-refractivity contribution in [1.82, 2.24) is 10.2 Å². The molecule has 6 heteroatoms. The quantitative estimate of drug-likeness (QED) is 0.847. The summed E-state index contributed by atoms with van der Waals surface area (Å²) in [6.07, 6.45) is 0.750. The maximum atomic E-state index is 12.4. The molecule has 0 aliphatic rings. The third kappa shape index (κ3) is 4.28. The Kier molecular flexibility index (Phi) is 5.36. The molecular weight excluding hydrogens is 302 g/mol. The highest BCUT2D eigenvalue weighted by Gasteiger charge is 2.20. The van der Waals surface area contributed by atoms with Gasteiger partial charge in [-0.2, -0.15) is 0 Å². The van der Waals surface area contributed by atoms with Gasteiger partial charge in [0, 0.05) is 5.69 Å². The third-order valence-electron chi connectivity index (χ3n) is 3.19. The van der Waals surface area contributed by atoms with Crippen molar-refractivity contribution in [1.29, 1.82) is 0 Å². The van der Waals surface area contributed by atoms with Gasteiger partial charge in [-0.05, 0) is 50.5 Å². The molecule has 1 atom stereocenters. The van der Waals surface area contributed by atoms with Crippen molar-refractivity contribution in [3.05, 3.63) is 34.3 Å². The van der Waals surface area contributed by atoms with Crippen LogP contribution in [-0.4, -0.2) is 21.4 Å². The van der Waals surface area contributed by atoms with E-state index in [0.717, 1.165) is 21.5 Å². The molecule has 0 aliphatic carbocycles. The number of carbonyl (C=O) groups excluding carboxylic acids is 1. The molecule has 0 saturated heterocycles. The average molecular weight is 321 g/mol. The zero-order valence-corrected chi connectivity index (χ0v) is 14.3. The number of aryl methyl sites for hydroxylation is 3. The van der Waals surface area contributed by atoms with E-state index in [4.69, 9.17) is 0 Å². The van der Waals surface area contributed by atoms with Gasteiger partial charge in [0.25, 0.3) is 0 Å². The van der Waals surface area contributed by atoms with E-state index in [9.17, 15) is 4.79 Å². The maximum Gasteiger partial charge on any atom is 0.237 e. The van der Waals surface area contributed by atoms with Crippen LogP contribution in [0.25, 0.3) is 0 Å². The molecule has 1 aromatic heterocycles. The van der Waals surface area contributed by atoms with E-state index in [0.29, 0.717) is 0 Å². The fourth-order valence-corrected chi connectivity index (χ4v) is 3.79. The van der Waals surface area contributed by atoms with E-state index >= 15 is 0 Å². The maximum absolute atomic E-state index is 12.4. The Morgan fingerprint density at radius 1 is 1.29 bits per heavy atom. The van der Waals surface area contributed by atoms with Gasteiger partial charge in [-0.25, -0.2) is 0 Å². The number of carbonyl (C=O) groups is 1. The van der Waals surface area contributed by atoms with Crippen molar-refractivity contribution >= 4 is 34.7 Å². The standard InChI is InChI=1S/C15H19N3OS2/c1-5-13(21-15-18-17-11(4)20-15)14(19)16-12-7-6-9(2)10(3)8-12/h6-8,13H,5H2,1-4H3,(H,16,19). The van der Waals surface area contributed by atoms with Crippen molar-refractivity contribution in [3.63, 3.8) is 0 Å². The lowest BCUT2D eigenvalue weighted by atomic mass is 10.1. The Bertz CT molecular complexity index is 640. The SMILES string of the molecule is CCC(Sc1nnc(C)s1)C(=O)Nc1ccc(C)c(C)c1. The fraction of sp³-hybridized carbons (Fsp3) is 0.400. The molecule has 21 heavy (non-hydrogen) atoms. The van der Waals surface area contributed by atoms with Crippen molar-refractivity contribution < 1.29 is 4.79 Å². The highest BCUT2D eigenvalue weighted by atomic mass is 32.2. The van der Waals surface area contributed by atoms with Crippen LogP contribution in [0.4, 0.5) is 5.69 Å². The number of hydrogen-bond acceptors (Lipinski definition) is 5. The monoisotopic (exact) mass is 321 g/mol. The van der Waals surface area contributed by atoms with Gasteiger partial charge in [0.2, 0.25) is 5.91 Å². The predicted molar refractivity (Wildman–Crippen MR) is 89.1 cm³/mol. The number of anilines is 1. The molecule has 0 spiro atoms. The number of aromatic nitrogens is 2. The number of benzene rings is 1. The first-order valence-electron chi connectivity index (χ1n) is 6.84. The zero-order valence-electron chi connectivity index (χ0n) is 12.6. The van der Waals surface area contributed by atoms with E-state index in [1.165, 1.54) is 34.2 Å². The first-order chi connectivity index (χ1) is 9.99. The lowest BCUT2D eigenvalue weighted by Gasteiger charge is -2.13. The molecule has 0 aliphatic heterocycles. The van der Waals surface area contributed by atoms with E-state index in [2.05, 4.69) is 22.4 Å². The summed E-state index contributed by atoms with van der Waals surface area (Å²) < 4.78 is 0.842. The summed E-state index contributed by atoms with van der Waals surface area (Å²) in [5.41, 5.74) is 3.24. The molecule has 0 saturated carbocycles. The summed E-state index contributed by atoms with van der Waals surface area (Å²) in [6.45, 7) is 8.02. The Labute approximate surface area is 133 Å². The van der Waals surface area contributed by atoms with Crippen LogP contribution in [0, 0.1) is 20.8 Å². The second-order valence-electron chi connectivity index (χ2n) is 4.89. The number of nitrogens with one attached hydrogen (secondary N) is 1. The molecule has 0 bridgehead atoms. The van der Waals surface area contributed by atoms with Crippen LogP contribution in [0.15, 0.2) is 22.5 Å². The normalized spacial score (nSPS) is 12.2.